The van der Waals surface area contributed by atoms with E-state index in [4.69, 9.17) is 14.2 Å². The van der Waals surface area contributed by atoms with Crippen LogP contribution in [-0.2, 0) is 14.2 Å². The number of hydrogen-bond acceptors (Lipinski definition) is 8. The molecule has 4 rings (SSSR count). The van der Waals surface area contributed by atoms with Crippen molar-refractivity contribution < 1.29 is 28.2 Å². The summed E-state index contributed by atoms with van der Waals surface area (Å²) in [7, 11) is 0. The Morgan fingerprint density at radius 1 is 1.00 bits per heavy atom. The number of carbonyl (C=O) groups excluding carboxylic acids is 2. The van der Waals surface area contributed by atoms with Crippen LogP contribution in [-0.4, -0.2) is 51.7 Å². The van der Waals surface area contributed by atoms with E-state index in [1.165, 1.54) is 24.3 Å². The van der Waals surface area contributed by atoms with E-state index in [0.717, 1.165) is 6.20 Å². The highest BCUT2D eigenvalue weighted by Crippen LogP contribution is 2.33. The third kappa shape index (κ3) is 4.88. The first-order valence-electron chi connectivity index (χ1n) is 9.90. The minimum atomic E-state index is -2.05. The molecular weight excluding hydrogens is 437 g/mol. The monoisotopic (exact) mass is 455 g/mol. The molecule has 4 atom stereocenters. The molecule has 2 heterocycles. The number of nitrogens with one attached hydrogen (secondary N) is 1. The Hall–Kier alpha value is -4.12. The third-order valence-corrected chi connectivity index (χ3v) is 4.89. The van der Waals surface area contributed by atoms with E-state index in [1.54, 1.807) is 36.4 Å². The number of rotatable bonds is 6. The molecule has 0 saturated carbocycles. The van der Waals surface area contributed by atoms with Crippen LogP contribution in [0.1, 0.15) is 26.9 Å². The molecule has 1 fully saturated rings. The number of H-pyrrole nitrogens is 1. The lowest BCUT2D eigenvalue weighted by Crippen LogP contribution is -2.39. The van der Waals surface area contributed by atoms with Gasteiger partial charge in [0.25, 0.3) is 5.56 Å². The molecule has 10 nitrogen and oxygen atoms in total. The van der Waals surface area contributed by atoms with Gasteiger partial charge in [0.2, 0.25) is 0 Å². The summed E-state index contributed by atoms with van der Waals surface area (Å²) in [6.07, 6.45) is -5.65. The lowest BCUT2D eigenvalue weighted by Gasteiger charge is -2.19. The Balaban J connectivity index is 1.56. The molecule has 1 aliphatic heterocycles. The van der Waals surface area contributed by atoms with Gasteiger partial charge in [0, 0.05) is 0 Å². The average Bonchev–Trinajstić information content (AvgIpc) is 3.13. The van der Waals surface area contributed by atoms with Crippen LogP contribution in [0, 0.1) is 0 Å². The number of carbonyl (C=O) groups is 2. The second kappa shape index (κ2) is 9.57. The van der Waals surface area contributed by atoms with Crippen molar-refractivity contribution in [3.05, 3.63) is 98.8 Å². The Bertz CT molecular complexity index is 1250. The van der Waals surface area contributed by atoms with E-state index in [2.05, 4.69) is 5.10 Å². The molecule has 0 spiro atoms. The molecule has 0 radical (unpaired) electrons. The number of nitrogens with zero attached hydrogens (tertiary/aromatic N) is 2. The second-order valence-corrected chi connectivity index (χ2v) is 7.09. The first kappa shape index (κ1) is 22.1. The highest BCUT2D eigenvalue weighted by molar-refractivity contribution is 5.90. The molecule has 0 unspecified atom stereocenters. The van der Waals surface area contributed by atoms with Gasteiger partial charge in [-0.25, -0.2) is 18.8 Å². The molecule has 1 aliphatic rings. The highest BCUT2D eigenvalue weighted by atomic mass is 19.1. The average molecular weight is 455 g/mol. The Labute approximate surface area is 185 Å². The van der Waals surface area contributed by atoms with E-state index in [0.29, 0.717) is 4.68 Å². The van der Waals surface area contributed by atoms with E-state index < -0.39 is 54.4 Å². The molecule has 1 N–H and O–H groups in total. The predicted molar refractivity (Wildman–Crippen MR) is 110 cm³/mol. The smallest absolute Gasteiger partial charge is 0.347 e. The minimum absolute atomic E-state index is 0.174. The zero-order valence-corrected chi connectivity index (χ0v) is 17.0. The third-order valence-electron chi connectivity index (χ3n) is 4.89. The molecule has 0 bridgehead atoms. The first-order chi connectivity index (χ1) is 15.9. The molecule has 2 aromatic carbocycles. The number of aromatic amines is 1. The van der Waals surface area contributed by atoms with E-state index in [-0.39, 0.29) is 11.1 Å². The number of aromatic nitrogens is 3. The van der Waals surface area contributed by atoms with Gasteiger partial charge >= 0.3 is 17.6 Å². The fraction of sp³-hybridized carbons (Fsp3) is 0.227. The van der Waals surface area contributed by atoms with Gasteiger partial charge in [-0.15, -0.1) is 0 Å². The maximum Gasteiger partial charge on any atom is 0.347 e. The van der Waals surface area contributed by atoms with Gasteiger partial charge < -0.3 is 14.2 Å². The van der Waals surface area contributed by atoms with Crippen molar-refractivity contribution in [2.75, 3.05) is 6.61 Å². The molecule has 11 heteroatoms. The van der Waals surface area contributed by atoms with Gasteiger partial charge in [-0.3, -0.25) is 9.78 Å². The van der Waals surface area contributed by atoms with Crippen LogP contribution in [0.5, 0.6) is 0 Å². The zero-order chi connectivity index (χ0) is 23.4. The van der Waals surface area contributed by atoms with E-state index >= 15 is 4.39 Å². The molecule has 1 saturated heterocycles. The SMILES string of the molecule is O=C(OC[C@H]1O[C@@H](n2ncc(=O)[nH]c2=O)[C@@H](F)[C@@H]1OC(=O)c1ccccc1)c1ccccc1. The van der Waals surface area contributed by atoms with Crippen molar-refractivity contribution in [1.29, 1.82) is 0 Å². The molecular formula is C22H18FN3O7. The summed E-state index contributed by atoms with van der Waals surface area (Å²) in [5.74, 6) is -1.51. The number of esters is 2. The summed E-state index contributed by atoms with van der Waals surface area (Å²) in [5, 5.41) is 3.61. The van der Waals surface area contributed by atoms with Crippen molar-refractivity contribution in [2.24, 2.45) is 0 Å². The lowest BCUT2D eigenvalue weighted by molar-refractivity contribution is -0.0633. The van der Waals surface area contributed by atoms with Gasteiger partial charge in [-0.2, -0.15) is 9.78 Å². The molecule has 33 heavy (non-hydrogen) atoms. The quantitative estimate of drug-likeness (QED) is 0.550. The van der Waals surface area contributed by atoms with Crippen molar-refractivity contribution in [3.63, 3.8) is 0 Å². The molecule has 0 aliphatic carbocycles. The summed E-state index contributed by atoms with van der Waals surface area (Å²) in [6.45, 7) is -0.463. The van der Waals surface area contributed by atoms with Crippen molar-refractivity contribution in [1.82, 2.24) is 14.8 Å². The molecule has 1 aromatic heterocycles. The van der Waals surface area contributed by atoms with Gasteiger partial charge in [-0.05, 0) is 24.3 Å². The van der Waals surface area contributed by atoms with Crippen LogP contribution < -0.4 is 11.2 Å². The number of alkyl halides is 1. The van der Waals surface area contributed by atoms with Crippen LogP contribution in [0.4, 0.5) is 4.39 Å². The molecule has 3 aromatic rings. The zero-order valence-electron chi connectivity index (χ0n) is 17.0. The predicted octanol–water partition coefficient (Wildman–Crippen LogP) is 1.25. The van der Waals surface area contributed by atoms with Crippen molar-refractivity contribution in [2.45, 2.75) is 24.6 Å². The van der Waals surface area contributed by atoms with Crippen LogP contribution >= 0.6 is 0 Å². The van der Waals surface area contributed by atoms with Crippen molar-refractivity contribution >= 4 is 11.9 Å². The lowest BCUT2D eigenvalue weighted by atomic mass is 10.1. The summed E-state index contributed by atoms with van der Waals surface area (Å²) in [6, 6.07) is 16.0. The number of halogens is 1. The van der Waals surface area contributed by atoms with Crippen LogP contribution in [0.25, 0.3) is 0 Å². The van der Waals surface area contributed by atoms with Crippen LogP contribution in [0.2, 0.25) is 0 Å². The minimum Gasteiger partial charge on any atom is -0.459 e. The number of benzene rings is 2. The Kier molecular flexibility index (Phi) is 6.41. The number of ether oxygens (including phenoxy) is 3. The van der Waals surface area contributed by atoms with Crippen LogP contribution in [0.15, 0.2) is 76.4 Å². The second-order valence-electron chi connectivity index (χ2n) is 7.09. The summed E-state index contributed by atoms with van der Waals surface area (Å²) < 4.78 is 32.1. The molecule has 0 amide bonds. The topological polar surface area (TPSA) is 130 Å². The highest BCUT2D eigenvalue weighted by Gasteiger charge is 2.50. The van der Waals surface area contributed by atoms with Crippen LogP contribution in [0.3, 0.4) is 0 Å². The summed E-state index contributed by atoms with van der Waals surface area (Å²) >= 11 is 0. The van der Waals surface area contributed by atoms with Gasteiger partial charge in [-0.1, -0.05) is 36.4 Å². The Morgan fingerprint density at radius 2 is 1.61 bits per heavy atom. The summed E-state index contributed by atoms with van der Waals surface area (Å²) in [5.41, 5.74) is -1.34. The largest absolute Gasteiger partial charge is 0.459 e. The van der Waals surface area contributed by atoms with Gasteiger partial charge in [0.1, 0.15) is 18.9 Å². The van der Waals surface area contributed by atoms with E-state index in [9.17, 15) is 19.2 Å². The summed E-state index contributed by atoms with van der Waals surface area (Å²) in [4.78, 5) is 50.1. The van der Waals surface area contributed by atoms with Crippen molar-refractivity contribution in [3.8, 4) is 0 Å². The fourth-order valence-electron chi connectivity index (χ4n) is 3.29. The number of hydrogen-bond donors (Lipinski definition) is 1. The fourth-order valence-corrected chi connectivity index (χ4v) is 3.29. The first-order valence-corrected chi connectivity index (χ1v) is 9.90. The van der Waals surface area contributed by atoms with E-state index in [1.807, 2.05) is 4.98 Å². The maximum absolute atomic E-state index is 15.4. The van der Waals surface area contributed by atoms with Gasteiger partial charge in [0.15, 0.2) is 18.5 Å². The van der Waals surface area contributed by atoms with Gasteiger partial charge in [0.05, 0.1) is 11.1 Å². The Morgan fingerprint density at radius 3 is 2.21 bits per heavy atom. The maximum atomic E-state index is 15.4. The standard InChI is InChI=1S/C22H18FN3O7/c23-17-18(33-21(29)14-9-5-2-6-10-14)15(12-31-20(28)13-7-3-1-4-8-13)32-19(17)26-22(30)25-16(27)11-24-26/h1-11,15,17-19H,12H2,(H,25,27,30)/t15-,17+,18-,19-/m1/s1. The normalized spacial score (nSPS) is 22.0. The molecule has 170 valence electrons.